The molecule has 0 aliphatic heterocycles. The molecular weight excluding hydrogens is 148 g/mol. The van der Waals surface area contributed by atoms with Crippen LogP contribution in [0.4, 0.5) is 0 Å². The van der Waals surface area contributed by atoms with Gasteiger partial charge in [-0.25, -0.2) is 0 Å². The predicted molar refractivity (Wildman–Crippen MR) is 36.8 cm³/mol. The molecule has 1 nitrogen and oxygen atoms in total. The first kappa shape index (κ1) is 16.5. The van der Waals surface area contributed by atoms with E-state index in [1.807, 2.05) is 20.8 Å². The van der Waals surface area contributed by atoms with Crippen LogP contribution in [-0.4, -0.2) is 35.3 Å². The molecule has 0 saturated carbocycles. The zero-order valence-corrected chi connectivity index (χ0v) is 8.58. The molecule has 0 aromatic carbocycles. The molecule has 0 rings (SSSR count). The van der Waals surface area contributed by atoms with Gasteiger partial charge in [-0.15, -0.1) is 0 Å². The number of ether oxygens (including phenoxy) is 1. The van der Waals surface area contributed by atoms with Crippen LogP contribution in [0.2, 0.25) is 0 Å². The Morgan fingerprint density at radius 1 is 1.33 bits per heavy atom. The quantitative estimate of drug-likeness (QED) is 0.327. The maximum atomic E-state index is 5.12. The molecule has 0 aliphatic carbocycles. The van der Waals surface area contributed by atoms with Crippen LogP contribution in [0.3, 0.4) is 0 Å². The Bertz CT molecular complexity index is 51.5. The Kier molecular flexibility index (Phi) is 13.1. The Hall–Kier alpha value is 1.02. The molecule has 0 aromatic rings. The van der Waals surface area contributed by atoms with Gasteiger partial charge in [-0.2, -0.15) is 0 Å². The third-order valence-corrected chi connectivity index (χ3v) is 0.535. The number of halogens is 1. The summed E-state index contributed by atoms with van der Waals surface area (Å²) in [6.07, 6.45) is 0. The molecule has 0 atom stereocenters. The van der Waals surface area contributed by atoms with Gasteiger partial charge in [0, 0.05) is 0 Å². The van der Waals surface area contributed by atoms with Gasteiger partial charge in [-0.3, -0.25) is 0 Å². The van der Waals surface area contributed by atoms with Crippen molar-refractivity contribution in [2.75, 3.05) is 6.61 Å². The fourth-order valence-electron chi connectivity index (χ4n) is 0.306. The Labute approximate surface area is 80.1 Å². The standard InChI is InChI=1S/C6H13O.ClH.Mg/c1-5-7-6(2,3)4;;/h1,5H2,2-4H3;1H;/q-1;;+2/p-1. The molecule has 0 fully saturated rings. The topological polar surface area (TPSA) is 9.23 Å². The fraction of sp³-hybridized carbons (Fsp3) is 0.833. The van der Waals surface area contributed by atoms with Crippen molar-refractivity contribution in [3.63, 3.8) is 0 Å². The van der Waals surface area contributed by atoms with Gasteiger partial charge in [0.2, 0.25) is 0 Å². The first-order valence-electron chi connectivity index (χ1n) is 2.49. The van der Waals surface area contributed by atoms with E-state index in [0.29, 0.717) is 6.61 Å². The minimum atomic E-state index is -0.0122. The van der Waals surface area contributed by atoms with Crippen molar-refractivity contribution in [3.05, 3.63) is 6.92 Å². The molecule has 0 unspecified atom stereocenters. The van der Waals surface area contributed by atoms with Crippen molar-refractivity contribution in [3.8, 4) is 0 Å². The molecule has 0 bridgehead atoms. The largest absolute Gasteiger partial charge is 2.00 e. The molecule has 52 valence electrons. The number of rotatable bonds is 1. The van der Waals surface area contributed by atoms with E-state index in [0.717, 1.165) is 0 Å². The molecule has 0 amide bonds. The van der Waals surface area contributed by atoms with Crippen molar-refractivity contribution in [1.29, 1.82) is 0 Å². The third-order valence-electron chi connectivity index (χ3n) is 0.535. The summed E-state index contributed by atoms with van der Waals surface area (Å²) >= 11 is 0. The van der Waals surface area contributed by atoms with Crippen molar-refractivity contribution in [1.82, 2.24) is 0 Å². The Balaban J connectivity index is -0.000000180. The van der Waals surface area contributed by atoms with Crippen LogP contribution >= 0.6 is 0 Å². The minimum Gasteiger partial charge on any atom is -1.00 e. The summed E-state index contributed by atoms with van der Waals surface area (Å²) < 4.78 is 5.12. The van der Waals surface area contributed by atoms with Gasteiger partial charge in [0.25, 0.3) is 0 Å². The summed E-state index contributed by atoms with van der Waals surface area (Å²) in [6.45, 7) is 10.1. The van der Waals surface area contributed by atoms with Crippen LogP contribution in [0.15, 0.2) is 0 Å². The molecule has 0 spiro atoms. The molecular formula is C6H13ClMgO. The molecule has 0 radical (unpaired) electrons. The summed E-state index contributed by atoms with van der Waals surface area (Å²) in [6, 6.07) is 0. The Morgan fingerprint density at radius 2 is 1.67 bits per heavy atom. The van der Waals surface area contributed by atoms with E-state index in [1.165, 1.54) is 0 Å². The summed E-state index contributed by atoms with van der Waals surface area (Å²) in [5, 5.41) is 0. The van der Waals surface area contributed by atoms with E-state index in [1.54, 1.807) is 0 Å². The smallest absolute Gasteiger partial charge is 1.00 e. The van der Waals surface area contributed by atoms with Crippen LogP contribution in [0.5, 0.6) is 0 Å². The Morgan fingerprint density at radius 3 is 1.67 bits per heavy atom. The second-order valence-electron chi connectivity index (χ2n) is 2.46. The van der Waals surface area contributed by atoms with E-state index in [2.05, 4.69) is 6.92 Å². The SMILES string of the molecule is [CH2-]COC(C)(C)C.[Cl-].[Mg+2]. The zero-order valence-electron chi connectivity index (χ0n) is 6.41. The number of hydrogen-bond acceptors (Lipinski definition) is 1. The first-order chi connectivity index (χ1) is 3.06. The van der Waals surface area contributed by atoms with Crippen molar-refractivity contribution >= 4 is 23.1 Å². The molecule has 9 heavy (non-hydrogen) atoms. The van der Waals surface area contributed by atoms with Crippen molar-refractivity contribution in [2.24, 2.45) is 0 Å². The zero-order chi connectivity index (χ0) is 5.91. The van der Waals surface area contributed by atoms with E-state index >= 15 is 0 Å². The van der Waals surface area contributed by atoms with E-state index in [-0.39, 0.29) is 41.1 Å². The summed E-state index contributed by atoms with van der Waals surface area (Å²) in [4.78, 5) is 0. The number of hydrogen-bond donors (Lipinski definition) is 0. The van der Waals surface area contributed by atoms with Gasteiger partial charge in [-0.1, -0.05) is 6.61 Å². The van der Waals surface area contributed by atoms with Crippen LogP contribution < -0.4 is 12.4 Å². The van der Waals surface area contributed by atoms with Gasteiger partial charge in [0.05, 0.1) is 5.60 Å². The van der Waals surface area contributed by atoms with Crippen LogP contribution in [0.1, 0.15) is 20.8 Å². The molecule has 0 heterocycles. The first-order valence-corrected chi connectivity index (χ1v) is 2.49. The second kappa shape index (κ2) is 7.13. The average Bonchev–Trinajstić information content (AvgIpc) is 1.30. The van der Waals surface area contributed by atoms with E-state index in [9.17, 15) is 0 Å². The summed E-state index contributed by atoms with van der Waals surface area (Å²) in [7, 11) is 0. The van der Waals surface area contributed by atoms with E-state index in [4.69, 9.17) is 4.74 Å². The molecule has 0 aromatic heterocycles. The predicted octanol–water partition coefficient (Wildman–Crippen LogP) is -1.74. The van der Waals surface area contributed by atoms with Gasteiger partial charge < -0.3 is 24.1 Å². The second-order valence-corrected chi connectivity index (χ2v) is 2.46. The van der Waals surface area contributed by atoms with Crippen molar-refractivity contribution < 1.29 is 17.1 Å². The normalized spacial score (nSPS) is 9.33. The van der Waals surface area contributed by atoms with Gasteiger partial charge >= 0.3 is 23.1 Å². The van der Waals surface area contributed by atoms with E-state index < -0.39 is 0 Å². The fourth-order valence-corrected chi connectivity index (χ4v) is 0.306. The molecule has 0 saturated heterocycles. The third kappa shape index (κ3) is 17.6. The maximum Gasteiger partial charge on any atom is 2.00 e. The molecule has 0 aliphatic rings. The van der Waals surface area contributed by atoms with Crippen molar-refractivity contribution in [2.45, 2.75) is 26.4 Å². The van der Waals surface area contributed by atoms with Gasteiger partial charge in [0.15, 0.2) is 0 Å². The van der Waals surface area contributed by atoms with Crippen LogP contribution in [0, 0.1) is 6.92 Å². The summed E-state index contributed by atoms with van der Waals surface area (Å²) in [5.41, 5.74) is -0.0122. The maximum absolute atomic E-state index is 5.12. The van der Waals surface area contributed by atoms with Crippen LogP contribution in [-0.2, 0) is 4.74 Å². The minimum absolute atomic E-state index is 0. The molecule has 0 N–H and O–H groups in total. The monoisotopic (exact) mass is 160 g/mol. The van der Waals surface area contributed by atoms with Gasteiger partial charge in [0.1, 0.15) is 0 Å². The van der Waals surface area contributed by atoms with Crippen LogP contribution in [0.25, 0.3) is 0 Å². The summed E-state index contributed by atoms with van der Waals surface area (Å²) in [5.74, 6) is 0. The van der Waals surface area contributed by atoms with Gasteiger partial charge in [-0.05, 0) is 20.8 Å². The molecule has 3 heteroatoms. The average molecular weight is 161 g/mol.